The predicted octanol–water partition coefficient (Wildman–Crippen LogP) is 1.15. The third-order valence-electron chi connectivity index (χ3n) is 3.27. The van der Waals surface area contributed by atoms with Crippen molar-refractivity contribution >= 4 is 31.0 Å². The molecule has 21 heavy (non-hydrogen) atoms. The van der Waals surface area contributed by atoms with Gasteiger partial charge in [0, 0.05) is 0 Å². The molecule has 0 saturated carbocycles. The zero-order chi connectivity index (χ0) is 15.1. The molecule has 1 aromatic rings. The van der Waals surface area contributed by atoms with E-state index >= 15 is 0 Å². The van der Waals surface area contributed by atoms with E-state index < -0.39 is 11.9 Å². The summed E-state index contributed by atoms with van der Waals surface area (Å²) in [4.78, 5) is 16.8. The zero-order valence-electron chi connectivity index (χ0n) is 11.4. The van der Waals surface area contributed by atoms with E-state index in [-0.39, 0.29) is 18.8 Å². The number of carbonyl (C=O) groups is 1. The Bertz CT molecular complexity index is 511. The molecule has 0 radical (unpaired) electrons. The summed E-state index contributed by atoms with van der Waals surface area (Å²) >= 11 is 1.59. The standard InChI is InChI=1S/C14H16BNO4S/c17-7-10-6-13(20-14(10)18)12(16-9-15-19)8-21-11-4-2-1-3-5-11/h1-5,9-10,12-13,17H,6-8H2/b16-9+. The fraction of sp³-hybridized carbons (Fsp3) is 0.429. The van der Waals surface area contributed by atoms with Gasteiger partial charge in [0.05, 0.1) is 0 Å². The quantitative estimate of drug-likeness (QED) is 0.354. The van der Waals surface area contributed by atoms with Gasteiger partial charge in [0.15, 0.2) is 0 Å². The molecule has 0 amide bonds. The van der Waals surface area contributed by atoms with Gasteiger partial charge in [-0.2, -0.15) is 0 Å². The number of thioether (sulfide) groups is 1. The first-order chi connectivity index (χ1) is 10.2. The number of cyclic esters (lactones) is 1. The summed E-state index contributed by atoms with van der Waals surface area (Å²) in [5.74, 6) is -0.270. The Morgan fingerprint density at radius 2 is 2.24 bits per heavy atom. The molecule has 1 saturated heterocycles. The van der Waals surface area contributed by atoms with E-state index in [1.54, 1.807) is 11.8 Å². The predicted molar refractivity (Wildman–Crippen MR) is 81.0 cm³/mol. The van der Waals surface area contributed by atoms with Crippen LogP contribution in [0.3, 0.4) is 0 Å². The number of nitrogens with zero attached hydrogens (tertiary/aromatic N) is 1. The van der Waals surface area contributed by atoms with Crippen LogP contribution >= 0.6 is 11.8 Å². The molecule has 1 aliphatic rings. The number of esters is 1. The normalized spacial score (nSPS) is 23.0. The van der Waals surface area contributed by atoms with Crippen molar-refractivity contribution in [3.63, 3.8) is 0 Å². The molecule has 7 heteroatoms. The number of benzene rings is 1. The number of carbonyl (C=O) groups excluding carboxylic acids is 1. The summed E-state index contributed by atoms with van der Waals surface area (Å²) in [5, 5.41) is 9.12. The Morgan fingerprint density at radius 1 is 1.48 bits per heavy atom. The van der Waals surface area contributed by atoms with Crippen molar-refractivity contribution in [1.29, 1.82) is 0 Å². The van der Waals surface area contributed by atoms with Gasteiger partial charge in [-0.1, -0.05) is 0 Å². The van der Waals surface area contributed by atoms with E-state index in [0.717, 1.165) is 4.90 Å². The first kappa shape index (κ1) is 15.9. The molecule has 0 spiro atoms. The third-order valence-corrected chi connectivity index (χ3v) is 4.38. The van der Waals surface area contributed by atoms with Crippen LogP contribution in [0, 0.1) is 5.92 Å². The first-order valence-electron chi connectivity index (χ1n) is 6.70. The fourth-order valence-corrected chi connectivity index (χ4v) is 3.16. The number of hydrogen-bond acceptors (Lipinski definition) is 6. The number of aliphatic imine (C=N–C) groups is 1. The van der Waals surface area contributed by atoms with Gasteiger partial charge in [-0.25, -0.2) is 0 Å². The van der Waals surface area contributed by atoms with Gasteiger partial charge in [0.2, 0.25) is 0 Å². The van der Waals surface area contributed by atoms with Crippen molar-refractivity contribution in [2.45, 2.75) is 23.5 Å². The minimum absolute atomic E-state index is 0.217. The van der Waals surface area contributed by atoms with Crippen LogP contribution in [0.15, 0.2) is 40.2 Å². The number of hydrogen-bond donors (Lipinski definition) is 1. The molecule has 110 valence electrons. The molecule has 3 atom stereocenters. The van der Waals surface area contributed by atoms with Crippen LogP contribution in [-0.4, -0.2) is 48.8 Å². The Balaban J connectivity index is 2.00. The van der Waals surface area contributed by atoms with E-state index in [1.807, 2.05) is 30.3 Å². The zero-order valence-corrected chi connectivity index (χ0v) is 12.2. The average molecular weight is 305 g/mol. The van der Waals surface area contributed by atoms with E-state index in [9.17, 15) is 9.50 Å². The molecule has 2 rings (SSSR count). The van der Waals surface area contributed by atoms with Crippen molar-refractivity contribution in [1.82, 2.24) is 0 Å². The van der Waals surface area contributed by atoms with Gasteiger partial charge in [-0.15, -0.1) is 0 Å². The second kappa shape index (κ2) is 8.09. The molecule has 3 unspecified atom stereocenters. The van der Waals surface area contributed by atoms with Crippen molar-refractivity contribution in [2.75, 3.05) is 12.4 Å². The van der Waals surface area contributed by atoms with E-state index in [0.29, 0.717) is 19.3 Å². The summed E-state index contributed by atoms with van der Waals surface area (Å²) in [6, 6.07) is 9.52. The number of rotatable bonds is 7. The van der Waals surface area contributed by atoms with Gasteiger partial charge >= 0.3 is 127 Å². The molecule has 0 aliphatic carbocycles. The molecule has 1 aliphatic heterocycles. The van der Waals surface area contributed by atoms with Gasteiger partial charge in [0.1, 0.15) is 0 Å². The fourth-order valence-electron chi connectivity index (χ4n) is 2.15. The first-order valence-corrected chi connectivity index (χ1v) is 7.69. The summed E-state index contributed by atoms with van der Waals surface area (Å²) in [6.45, 7) is -0.217. The van der Waals surface area contributed by atoms with Crippen molar-refractivity contribution in [2.24, 2.45) is 10.9 Å². The topological polar surface area (TPSA) is 76.0 Å². The van der Waals surface area contributed by atoms with Crippen LogP contribution in [0.5, 0.6) is 0 Å². The Hall–Kier alpha value is -1.47. The van der Waals surface area contributed by atoms with E-state index in [4.69, 9.17) is 9.84 Å². The van der Waals surface area contributed by atoms with Crippen molar-refractivity contribution < 1.29 is 19.3 Å². The summed E-state index contributed by atoms with van der Waals surface area (Å²) in [6.07, 6.45) is 1.24. The summed E-state index contributed by atoms with van der Waals surface area (Å²) in [7, 11) is 0.612. The minimum atomic E-state index is -0.481. The maximum atomic E-state index is 11.6. The molecule has 5 nitrogen and oxygen atoms in total. The number of ether oxygens (including phenoxy) is 1. The second-order valence-corrected chi connectivity index (χ2v) is 5.81. The second-order valence-electron chi connectivity index (χ2n) is 4.72. The maximum absolute atomic E-state index is 11.6. The van der Waals surface area contributed by atoms with Crippen molar-refractivity contribution in [3.8, 4) is 0 Å². The number of aliphatic hydroxyl groups excluding tert-OH is 1. The molecule has 0 aromatic heterocycles. The van der Waals surface area contributed by atoms with Crippen LogP contribution in [0.25, 0.3) is 0 Å². The molecular formula is C14H16BNO4S. The Morgan fingerprint density at radius 3 is 2.86 bits per heavy atom. The van der Waals surface area contributed by atoms with Gasteiger partial charge in [-0.3, -0.25) is 0 Å². The average Bonchev–Trinajstić information content (AvgIpc) is 2.89. The number of aliphatic hydroxyl groups is 1. The molecular weight excluding hydrogens is 289 g/mol. The van der Waals surface area contributed by atoms with Crippen LogP contribution in [0.2, 0.25) is 0 Å². The molecule has 1 fully saturated rings. The molecule has 1 heterocycles. The molecule has 1 aromatic carbocycles. The van der Waals surface area contributed by atoms with Crippen LogP contribution in [-0.2, 0) is 14.2 Å². The van der Waals surface area contributed by atoms with E-state index in [1.165, 1.54) is 6.11 Å². The van der Waals surface area contributed by atoms with Gasteiger partial charge in [-0.05, 0) is 0 Å². The van der Waals surface area contributed by atoms with Crippen LogP contribution in [0.1, 0.15) is 6.42 Å². The summed E-state index contributed by atoms with van der Waals surface area (Å²) < 4.78 is 15.7. The Labute approximate surface area is 128 Å². The molecule has 1 N–H and O–H groups in total. The third kappa shape index (κ3) is 4.51. The SMILES string of the molecule is O=B/C=N/C(CSc1ccccc1)C1CC(CO)C(=O)O1. The van der Waals surface area contributed by atoms with Crippen LogP contribution < -0.4 is 0 Å². The molecule has 0 bridgehead atoms. The van der Waals surface area contributed by atoms with Crippen molar-refractivity contribution in [3.05, 3.63) is 30.3 Å². The summed E-state index contributed by atoms with van der Waals surface area (Å²) in [5.41, 5.74) is 0. The Kier molecular flexibility index (Phi) is 6.13. The monoisotopic (exact) mass is 305 g/mol. The van der Waals surface area contributed by atoms with E-state index in [2.05, 4.69) is 4.99 Å². The van der Waals surface area contributed by atoms with Gasteiger partial charge in [0.25, 0.3) is 0 Å². The van der Waals surface area contributed by atoms with Gasteiger partial charge < -0.3 is 0 Å². The van der Waals surface area contributed by atoms with Crippen LogP contribution in [0.4, 0.5) is 0 Å².